The van der Waals surface area contributed by atoms with Gasteiger partial charge in [-0.2, -0.15) is 0 Å². The smallest absolute Gasteiger partial charge is 0.143 e. The van der Waals surface area contributed by atoms with Crippen molar-refractivity contribution in [3.8, 4) is 0 Å². The van der Waals surface area contributed by atoms with Gasteiger partial charge in [-0.1, -0.05) is 0 Å². The van der Waals surface area contributed by atoms with E-state index in [1.54, 1.807) is 11.3 Å². The van der Waals surface area contributed by atoms with E-state index in [1.807, 2.05) is 12.3 Å². The van der Waals surface area contributed by atoms with E-state index in [1.165, 1.54) is 6.42 Å². The van der Waals surface area contributed by atoms with Crippen molar-refractivity contribution < 1.29 is 4.79 Å². The second-order valence-electron chi connectivity index (χ2n) is 4.54. The molecule has 4 rings (SSSR count). The molecule has 1 N–H and O–H groups in total. The van der Waals surface area contributed by atoms with E-state index in [0.29, 0.717) is 24.2 Å². The van der Waals surface area contributed by atoms with Crippen LogP contribution >= 0.6 is 11.3 Å². The Morgan fingerprint density at radius 1 is 1.73 bits per heavy atom. The SMILES string of the molecule is Cc1nc(CC(=O)C2C3CNC2C3)cs1. The lowest BCUT2D eigenvalue weighted by Crippen LogP contribution is -2.42. The number of nitrogens with one attached hydrogen (secondary N) is 1. The fourth-order valence-corrected chi connectivity index (χ4v) is 3.36. The van der Waals surface area contributed by atoms with Crippen molar-refractivity contribution in [1.82, 2.24) is 10.3 Å². The molecule has 2 bridgehead atoms. The predicted octanol–water partition coefficient (Wildman–Crippen LogP) is 1.17. The minimum atomic E-state index is 0.284. The number of aromatic nitrogens is 1. The van der Waals surface area contributed by atoms with Crippen molar-refractivity contribution >= 4 is 17.1 Å². The third-order valence-electron chi connectivity index (χ3n) is 3.53. The highest BCUT2D eigenvalue weighted by molar-refractivity contribution is 7.09. The molecule has 15 heavy (non-hydrogen) atoms. The zero-order chi connectivity index (χ0) is 10.4. The van der Waals surface area contributed by atoms with Crippen LogP contribution in [0, 0.1) is 18.8 Å². The third-order valence-corrected chi connectivity index (χ3v) is 4.36. The lowest BCUT2D eigenvalue weighted by atomic mass is 9.71. The summed E-state index contributed by atoms with van der Waals surface area (Å²) in [6, 6.07) is 0.474. The third kappa shape index (κ3) is 1.52. The molecular weight excluding hydrogens is 208 g/mol. The first kappa shape index (κ1) is 9.48. The molecule has 2 saturated heterocycles. The number of thiazole rings is 1. The van der Waals surface area contributed by atoms with E-state index >= 15 is 0 Å². The van der Waals surface area contributed by atoms with Crippen LogP contribution in [0.5, 0.6) is 0 Å². The summed E-state index contributed by atoms with van der Waals surface area (Å²) in [5.74, 6) is 1.28. The summed E-state index contributed by atoms with van der Waals surface area (Å²) in [4.78, 5) is 16.3. The second-order valence-corrected chi connectivity index (χ2v) is 5.60. The van der Waals surface area contributed by atoms with Crippen LogP contribution in [-0.4, -0.2) is 23.4 Å². The summed E-state index contributed by atoms with van der Waals surface area (Å²) >= 11 is 1.62. The van der Waals surface area contributed by atoms with Gasteiger partial charge < -0.3 is 5.32 Å². The van der Waals surface area contributed by atoms with Crippen molar-refractivity contribution in [2.24, 2.45) is 11.8 Å². The molecule has 0 spiro atoms. The molecule has 1 aromatic rings. The number of carbonyl (C=O) groups excluding carboxylic acids is 1. The molecule has 1 saturated carbocycles. The van der Waals surface area contributed by atoms with Crippen LogP contribution in [0.3, 0.4) is 0 Å². The number of rotatable bonds is 3. The molecule has 3 unspecified atom stereocenters. The fourth-order valence-electron chi connectivity index (χ4n) is 2.75. The maximum absolute atomic E-state index is 12.0. The second kappa shape index (κ2) is 3.39. The zero-order valence-electron chi connectivity index (χ0n) is 8.69. The largest absolute Gasteiger partial charge is 0.313 e. The Hall–Kier alpha value is -0.740. The lowest BCUT2D eigenvalue weighted by molar-refractivity contribution is -0.126. The van der Waals surface area contributed by atoms with Gasteiger partial charge in [0.15, 0.2) is 0 Å². The lowest BCUT2D eigenvalue weighted by Gasteiger charge is -2.32. The molecular formula is C11H14N2OS. The highest BCUT2D eigenvalue weighted by Gasteiger charge is 2.49. The Morgan fingerprint density at radius 3 is 3.13 bits per heavy atom. The van der Waals surface area contributed by atoms with Crippen LogP contribution in [-0.2, 0) is 11.2 Å². The Bertz CT molecular complexity index is 387. The molecule has 3 heterocycles. The quantitative estimate of drug-likeness (QED) is 0.834. The highest BCUT2D eigenvalue weighted by atomic mass is 32.1. The molecule has 3 atom stereocenters. The highest BCUT2D eigenvalue weighted by Crippen LogP contribution is 2.41. The maximum atomic E-state index is 12.0. The standard InChI is InChI=1S/C11H14N2OS/c1-6-13-8(5-15-6)3-10(14)11-7-2-9(11)12-4-7/h5,7,9,11-12H,2-4H2,1H3. The van der Waals surface area contributed by atoms with Gasteiger partial charge in [0.05, 0.1) is 10.7 Å². The number of Topliss-reactive ketones (excluding diaryl/α,β-unsaturated/α-hetero) is 1. The van der Waals surface area contributed by atoms with Crippen LogP contribution < -0.4 is 5.32 Å². The van der Waals surface area contributed by atoms with Crippen molar-refractivity contribution in [3.63, 3.8) is 0 Å². The van der Waals surface area contributed by atoms with Gasteiger partial charge in [-0.3, -0.25) is 4.79 Å². The van der Waals surface area contributed by atoms with Gasteiger partial charge in [-0.15, -0.1) is 11.3 Å². The number of nitrogens with zero attached hydrogens (tertiary/aromatic N) is 1. The van der Waals surface area contributed by atoms with E-state index in [0.717, 1.165) is 17.2 Å². The summed E-state index contributed by atoms with van der Waals surface area (Å²) in [6.45, 7) is 3.02. The molecule has 0 radical (unpaired) electrons. The van der Waals surface area contributed by atoms with E-state index < -0.39 is 0 Å². The normalized spacial score (nSPS) is 32.7. The molecule has 3 nitrogen and oxygen atoms in total. The van der Waals surface area contributed by atoms with Crippen LogP contribution in [0.4, 0.5) is 0 Å². The molecule has 3 aliphatic rings. The number of ketones is 1. The van der Waals surface area contributed by atoms with Crippen LogP contribution in [0.1, 0.15) is 17.1 Å². The molecule has 0 aromatic carbocycles. The Kier molecular flexibility index (Phi) is 2.14. The molecule has 1 aromatic heterocycles. The van der Waals surface area contributed by atoms with E-state index in [2.05, 4.69) is 10.3 Å². The average molecular weight is 222 g/mol. The van der Waals surface area contributed by atoms with Gasteiger partial charge in [0.2, 0.25) is 0 Å². The van der Waals surface area contributed by atoms with Crippen LogP contribution in [0.15, 0.2) is 5.38 Å². The number of carbonyl (C=O) groups is 1. The maximum Gasteiger partial charge on any atom is 0.143 e. The summed E-state index contributed by atoms with van der Waals surface area (Å²) in [7, 11) is 0. The molecule has 2 aliphatic heterocycles. The number of fused-ring (bicyclic) bond motifs is 1. The summed E-state index contributed by atoms with van der Waals surface area (Å²) in [5.41, 5.74) is 0.953. The van der Waals surface area contributed by atoms with Gasteiger partial charge in [-0.05, 0) is 25.8 Å². The van der Waals surface area contributed by atoms with E-state index in [9.17, 15) is 4.79 Å². The van der Waals surface area contributed by atoms with Crippen molar-refractivity contribution in [1.29, 1.82) is 0 Å². The van der Waals surface area contributed by atoms with Gasteiger partial charge >= 0.3 is 0 Å². The minimum Gasteiger partial charge on any atom is -0.313 e. The number of aryl methyl sites for hydroxylation is 1. The Labute approximate surface area is 92.9 Å². The van der Waals surface area contributed by atoms with Gasteiger partial charge in [-0.25, -0.2) is 4.98 Å². The minimum absolute atomic E-state index is 0.284. The summed E-state index contributed by atoms with van der Waals surface area (Å²) in [6.07, 6.45) is 1.73. The average Bonchev–Trinajstić information content (AvgIpc) is 2.79. The topological polar surface area (TPSA) is 42.0 Å². The first-order chi connectivity index (χ1) is 7.24. The zero-order valence-corrected chi connectivity index (χ0v) is 9.51. The van der Waals surface area contributed by atoms with Crippen LogP contribution in [0.25, 0.3) is 0 Å². The van der Waals surface area contributed by atoms with Crippen molar-refractivity contribution in [2.75, 3.05) is 6.54 Å². The molecule has 4 heteroatoms. The molecule has 0 amide bonds. The molecule has 3 fully saturated rings. The van der Waals surface area contributed by atoms with E-state index in [4.69, 9.17) is 0 Å². The fraction of sp³-hybridized carbons (Fsp3) is 0.636. The first-order valence-corrected chi connectivity index (χ1v) is 6.29. The first-order valence-electron chi connectivity index (χ1n) is 5.41. The number of hydrogen-bond acceptors (Lipinski definition) is 4. The Balaban J connectivity index is 1.66. The van der Waals surface area contributed by atoms with Crippen molar-refractivity contribution in [2.45, 2.75) is 25.8 Å². The number of hydrogen-bond donors (Lipinski definition) is 1. The molecule has 1 aliphatic carbocycles. The van der Waals surface area contributed by atoms with Crippen molar-refractivity contribution in [3.05, 3.63) is 16.1 Å². The van der Waals surface area contributed by atoms with Crippen LogP contribution in [0.2, 0.25) is 0 Å². The van der Waals surface area contributed by atoms with Gasteiger partial charge in [0.1, 0.15) is 5.78 Å². The van der Waals surface area contributed by atoms with Gasteiger partial charge in [0.25, 0.3) is 0 Å². The summed E-state index contributed by atoms with van der Waals surface area (Å²) in [5, 5.41) is 6.43. The summed E-state index contributed by atoms with van der Waals surface area (Å²) < 4.78 is 0. The predicted molar refractivity (Wildman–Crippen MR) is 58.9 cm³/mol. The Morgan fingerprint density at radius 2 is 2.60 bits per heavy atom. The molecule has 80 valence electrons. The monoisotopic (exact) mass is 222 g/mol. The van der Waals surface area contributed by atoms with Gasteiger partial charge in [0, 0.05) is 23.8 Å². The van der Waals surface area contributed by atoms with E-state index in [-0.39, 0.29) is 5.92 Å².